The molecule has 0 aromatic carbocycles. The van der Waals surface area contributed by atoms with Crippen LogP contribution in [-0.2, 0) is 10.0 Å². The van der Waals surface area contributed by atoms with E-state index in [0.717, 1.165) is 32.2 Å². The van der Waals surface area contributed by atoms with Crippen LogP contribution in [0.1, 0.15) is 25.7 Å². The Labute approximate surface area is 140 Å². The third-order valence-corrected chi connectivity index (χ3v) is 5.56. The predicted molar refractivity (Wildman–Crippen MR) is 90.8 cm³/mol. The van der Waals surface area contributed by atoms with Crippen molar-refractivity contribution in [2.24, 2.45) is 0 Å². The number of nitrogens with zero attached hydrogens (tertiary/aromatic N) is 2. The summed E-state index contributed by atoms with van der Waals surface area (Å²) in [7, 11) is 0.736. The minimum absolute atomic E-state index is 0.278. The SMILES string of the molecule is CN(C)CCCCOc1ncc(Br)cc1NS(=O)(=O)C1CC1. The highest BCUT2D eigenvalue weighted by atomic mass is 79.9. The fourth-order valence-electron chi connectivity index (χ4n) is 1.93. The van der Waals surface area contributed by atoms with Gasteiger partial charge in [-0.1, -0.05) is 0 Å². The minimum Gasteiger partial charge on any atom is -0.476 e. The molecule has 1 saturated carbocycles. The molecule has 2 rings (SSSR count). The fraction of sp³-hybridized carbons (Fsp3) is 0.643. The zero-order valence-corrected chi connectivity index (χ0v) is 15.3. The zero-order valence-electron chi connectivity index (χ0n) is 12.9. The number of hydrogen-bond acceptors (Lipinski definition) is 5. The first-order chi connectivity index (χ1) is 10.4. The summed E-state index contributed by atoms with van der Waals surface area (Å²) in [6.07, 6.45) is 4.95. The first kappa shape index (κ1) is 17.5. The van der Waals surface area contributed by atoms with Gasteiger partial charge in [0.15, 0.2) is 0 Å². The Morgan fingerprint density at radius 2 is 2.14 bits per heavy atom. The Kier molecular flexibility index (Phi) is 6.05. The van der Waals surface area contributed by atoms with E-state index < -0.39 is 10.0 Å². The van der Waals surface area contributed by atoms with Crippen LogP contribution in [0.2, 0.25) is 0 Å². The van der Waals surface area contributed by atoms with Crippen molar-refractivity contribution in [3.05, 3.63) is 16.7 Å². The maximum atomic E-state index is 12.1. The number of halogens is 1. The van der Waals surface area contributed by atoms with Gasteiger partial charge in [-0.3, -0.25) is 4.72 Å². The monoisotopic (exact) mass is 391 g/mol. The quantitative estimate of drug-likeness (QED) is 0.654. The summed E-state index contributed by atoms with van der Waals surface area (Å²) < 4.78 is 33.1. The molecule has 124 valence electrons. The molecule has 22 heavy (non-hydrogen) atoms. The van der Waals surface area contributed by atoms with E-state index in [1.807, 2.05) is 14.1 Å². The van der Waals surface area contributed by atoms with E-state index >= 15 is 0 Å². The first-order valence-electron chi connectivity index (χ1n) is 7.33. The van der Waals surface area contributed by atoms with Gasteiger partial charge in [0.05, 0.1) is 11.9 Å². The number of rotatable bonds is 9. The number of aromatic nitrogens is 1. The van der Waals surface area contributed by atoms with Gasteiger partial charge in [-0.05, 0) is 68.3 Å². The lowest BCUT2D eigenvalue weighted by atomic mass is 10.3. The zero-order chi connectivity index (χ0) is 16.2. The van der Waals surface area contributed by atoms with Gasteiger partial charge in [0.2, 0.25) is 15.9 Å². The van der Waals surface area contributed by atoms with E-state index in [9.17, 15) is 8.42 Å². The Hall–Kier alpha value is -0.860. The molecule has 1 aliphatic carbocycles. The normalized spacial score (nSPS) is 15.1. The predicted octanol–water partition coefficient (Wildman–Crippen LogP) is 2.47. The molecule has 0 amide bonds. The lowest BCUT2D eigenvalue weighted by Crippen LogP contribution is -2.18. The molecule has 0 radical (unpaired) electrons. The number of hydrogen-bond donors (Lipinski definition) is 1. The summed E-state index contributed by atoms with van der Waals surface area (Å²) in [6.45, 7) is 1.51. The van der Waals surface area contributed by atoms with Gasteiger partial charge in [0, 0.05) is 10.7 Å². The highest BCUT2D eigenvalue weighted by Gasteiger charge is 2.36. The average Bonchev–Trinajstić information content (AvgIpc) is 3.24. The molecule has 1 aromatic rings. The van der Waals surface area contributed by atoms with Crippen LogP contribution in [0.5, 0.6) is 5.88 Å². The molecule has 0 aliphatic heterocycles. The number of ether oxygens (including phenoxy) is 1. The first-order valence-corrected chi connectivity index (χ1v) is 9.67. The average molecular weight is 392 g/mol. The Morgan fingerprint density at radius 1 is 1.41 bits per heavy atom. The second-order valence-corrected chi connectivity index (χ2v) is 8.59. The maximum absolute atomic E-state index is 12.1. The summed E-state index contributed by atoms with van der Waals surface area (Å²) in [5.74, 6) is 0.331. The number of unbranched alkanes of at least 4 members (excludes halogenated alkanes) is 1. The molecule has 8 heteroatoms. The number of nitrogens with one attached hydrogen (secondary N) is 1. The van der Waals surface area contributed by atoms with Crippen molar-refractivity contribution < 1.29 is 13.2 Å². The molecular formula is C14H22BrN3O3S. The van der Waals surface area contributed by atoms with Gasteiger partial charge in [-0.15, -0.1) is 0 Å². The molecule has 6 nitrogen and oxygen atoms in total. The Bertz CT molecular complexity index is 603. The highest BCUT2D eigenvalue weighted by Crippen LogP contribution is 2.33. The number of anilines is 1. The van der Waals surface area contributed by atoms with Crippen LogP contribution in [0.15, 0.2) is 16.7 Å². The summed E-state index contributed by atoms with van der Waals surface area (Å²) in [6, 6.07) is 1.68. The van der Waals surface area contributed by atoms with Crippen LogP contribution < -0.4 is 9.46 Å². The summed E-state index contributed by atoms with van der Waals surface area (Å²) in [5, 5.41) is -0.278. The van der Waals surface area contributed by atoms with Crippen LogP contribution in [0, 0.1) is 0 Å². The molecule has 1 fully saturated rings. The van der Waals surface area contributed by atoms with Gasteiger partial charge in [0.25, 0.3) is 0 Å². The molecule has 0 bridgehead atoms. The second-order valence-electron chi connectivity index (χ2n) is 5.71. The molecule has 1 aliphatic rings. The fourth-order valence-corrected chi connectivity index (χ4v) is 3.64. The van der Waals surface area contributed by atoms with Crippen molar-refractivity contribution >= 4 is 31.6 Å². The molecular weight excluding hydrogens is 370 g/mol. The number of pyridine rings is 1. The van der Waals surface area contributed by atoms with Crippen molar-refractivity contribution in [3.63, 3.8) is 0 Å². The molecule has 1 heterocycles. The van der Waals surface area contributed by atoms with E-state index in [1.54, 1.807) is 12.3 Å². The highest BCUT2D eigenvalue weighted by molar-refractivity contribution is 9.10. The Balaban J connectivity index is 1.95. The standard InChI is InChI=1S/C14H22BrN3O3S/c1-18(2)7-3-4-8-21-14-13(9-11(15)10-16-14)17-22(19,20)12-5-6-12/h9-10,12,17H,3-8H2,1-2H3. The van der Waals surface area contributed by atoms with E-state index in [4.69, 9.17) is 4.74 Å². The van der Waals surface area contributed by atoms with E-state index in [2.05, 4.69) is 30.5 Å². The Morgan fingerprint density at radius 3 is 2.77 bits per heavy atom. The lowest BCUT2D eigenvalue weighted by molar-refractivity contribution is 0.285. The van der Waals surface area contributed by atoms with E-state index in [0.29, 0.717) is 22.6 Å². The summed E-state index contributed by atoms with van der Waals surface area (Å²) in [4.78, 5) is 6.29. The van der Waals surface area contributed by atoms with Gasteiger partial charge in [-0.25, -0.2) is 13.4 Å². The molecule has 1 aromatic heterocycles. The van der Waals surface area contributed by atoms with Crippen LogP contribution in [0.25, 0.3) is 0 Å². The van der Waals surface area contributed by atoms with Crippen LogP contribution in [-0.4, -0.2) is 50.8 Å². The number of sulfonamides is 1. The smallest absolute Gasteiger partial charge is 0.238 e. The molecule has 0 saturated heterocycles. The second kappa shape index (κ2) is 7.61. The van der Waals surface area contributed by atoms with Crippen molar-refractivity contribution in [2.75, 3.05) is 32.0 Å². The largest absolute Gasteiger partial charge is 0.476 e. The third-order valence-electron chi connectivity index (χ3n) is 3.27. The molecule has 0 atom stereocenters. The minimum atomic E-state index is -3.32. The summed E-state index contributed by atoms with van der Waals surface area (Å²) >= 11 is 3.31. The maximum Gasteiger partial charge on any atom is 0.238 e. The lowest BCUT2D eigenvalue weighted by Gasteiger charge is -2.13. The van der Waals surface area contributed by atoms with Gasteiger partial charge < -0.3 is 9.64 Å². The third kappa shape index (κ3) is 5.40. The van der Waals surface area contributed by atoms with E-state index in [-0.39, 0.29) is 5.25 Å². The van der Waals surface area contributed by atoms with Crippen LogP contribution in [0.3, 0.4) is 0 Å². The molecule has 0 unspecified atom stereocenters. The van der Waals surface area contributed by atoms with Gasteiger partial charge in [0.1, 0.15) is 5.69 Å². The van der Waals surface area contributed by atoms with Crippen molar-refractivity contribution in [2.45, 2.75) is 30.9 Å². The van der Waals surface area contributed by atoms with Gasteiger partial charge in [-0.2, -0.15) is 0 Å². The topological polar surface area (TPSA) is 71.5 Å². The van der Waals surface area contributed by atoms with E-state index in [1.165, 1.54) is 0 Å². The van der Waals surface area contributed by atoms with Crippen molar-refractivity contribution in [1.29, 1.82) is 0 Å². The molecule has 1 N–H and O–H groups in total. The molecule has 0 spiro atoms. The summed E-state index contributed by atoms with van der Waals surface area (Å²) in [5.41, 5.74) is 0.397. The van der Waals surface area contributed by atoms with Gasteiger partial charge >= 0.3 is 0 Å². The van der Waals surface area contributed by atoms with Crippen molar-refractivity contribution in [3.8, 4) is 5.88 Å². The van der Waals surface area contributed by atoms with Crippen LogP contribution in [0.4, 0.5) is 5.69 Å². The van der Waals surface area contributed by atoms with Crippen LogP contribution >= 0.6 is 15.9 Å². The van der Waals surface area contributed by atoms with Crippen molar-refractivity contribution in [1.82, 2.24) is 9.88 Å².